The van der Waals surface area contributed by atoms with E-state index < -0.39 is 0 Å². The highest BCUT2D eigenvalue weighted by Gasteiger charge is 2.02. The van der Waals surface area contributed by atoms with Crippen molar-refractivity contribution in [2.75, 3.05) is 0 Å². The summed E-state index contributed by atoms with van der Waals surface area (Å²) in [5.74, 6) is 0. The van der Waals surface area contributed by atoms with Gasteiger partial charge in [0.25, 0.3) is 0 Å². The predicted octanol–water partition coefficient (Wildman–Crippen LogP) is 4.32. The molecule has 1 aromatic heterocycles. The van der Waals surface area contributed by atoms with E-state index in [1.165, 1.54) is 5.39 Å². The first kappa shape index (κ1) is 7.59. The van der Waals surface area contributed by atoms with Gasteiger partial charge in [0.2, 0.25) is 0 Å². The van der Waals surface area contributed by atoms with E-state index in [2.05, 4.69) is 22.0 Å². The number of fused-ring (bicyclic) bond motifs is 1. The van der Waals surface area contributed by atoms with Crippen LogP contribution in [0.4, 0.5) is 0 Å². The molecule has 0 bridgehead atoms. The minimum absolute atomic E-state index is 0.832. The van der Waals surface area contributed by atoms with Gasteiger partial charge in [-0.05, 0) is 23.6 Å². The van der Waals surface area contributed by atoms with Crippen LogP contribution in [0.2, 0.25) is 5.02 Å². The van der Waals surface area contributed by atoms with E-state index in [9.17, 15) is 0 Å². The fourth-order valence-electron chi connectivity index (χ4n) is 0.994. The molecule has 0 unspecified atom stereocenters. The molecule has 1 aromatic carbocycles. The molecule has 0 saturated carbocycles. The third-order valence-corrected chi connectivity index (χ3v) is 3.58. The van der Waals surface area contributed by atoms with Crippen LogP contribution in [0.1, 0.15) is 0 Å². The average Bonchev–Trinajstić information content (AvgIpc) is 2.45. The zero-order chi connectivity index (χ0) is 7.84. The standard InChI is InChI=1S/C8H4BrClS/c9-6-1-2-7(10)8-5(6)3-4-11-8/h1-4H. The van der Waals surface area contributed by atoms with Crippen LogP contribution in [-0.2, 0) is 0 Å². The Balaban J connectivity index is 2.96. The second kappa shape index (κ2) is 2.77. The monoisotopic (exact) mass is 246 g/mol. The zero-order valence-corrected chi connectivity index (χ0v) is 8.63. The predicted molar refractivity (Wildman–Crippen MR) is 54.5 cm³/mol. The summed E-state index contributed by atoms with van der Waals surface area (Å²) in [5.41, 5.74) is 0. The van der Waals surface area contributed by atoms with Gasteiger partial charge in [-0.2, -0.15) is 0 Å². The van der Waals surface area contributed by atoms with Crippen molar-refractivity contribution < 1.29 is 0 Å². The van der Waals surface area contributed by atoms with Gasteiger partial charge in [-0.3, -0.25) is 0 Å². The Bertz CT molecular complexity index is 358. The molecule has 0 aliphatic rings. The number of hydrogen-bond acceptors (Lipinski definition) is 1. The van der Waals surface area contributed by atoms with Crippen molar-refractivity contribution >= 4 is 49.0 Å². The number of halogens is 2. The van der Waals surface area contributed by atoms with Crippen LogP contribution >= 0.6 is 38.9 Å². The smallest absolute Gasteiger partial charge is 0.0585 e. The maximum Gasteiger partial charge on any atom is 0.0585 e. The van der Waals surface area contributed by atoms with E-state index >= 15 is 0 Å². The van der Waals surface area contributed by atoms with Crippen LogP contribution in [0.3, 0.4) is 0 Å². The van der Waals surface area contributed by atoms with E-state index in [1.54, 1.807) is 11.3 Å². The fourth-order valence-corrected chi connectivity index (χ4v) is 2.71. The molecular formula is C8H4BrClS. The Morgan fingerprint density at radius 2 is 2.09 bits per heavy atom. The maximum atomic E-state index is 5.96. The van der Waals surface area contributed by atoms with Crippen molar-refractivity contribution in [3.05, 3.63) is 33.1 Å². The zero-order valence-electron chi connectivity index (χ0n) is 5.47. The first-order valence-electron chi connectivity index (χ1n) is 3.10. The quantitative estimate of drug-likeness (QED) is 0.650. The van der Waals surface area contributed by atoms with Gasteiger partial charge in [-0.1, -0.05) is 27.5 Å². The van der Waals surface area contributed by atoms with Gasteiger partial charge in [0.05, 0.1) is 9.72 Å². The lowest BCUT2D eigenvalue weighted by Gasteiger charge is -1.94. The van der Waals surface area contributed by atoms with Crippen molar-refractivity contribution in [1.29, 1.82) is 0 Å². The minimum atomic E-state index is 0.832. The topological polar surface area (TPSA) is 0 Å². The summed E-state index contributed by atoms with van der Waals surface area (Å²) in [6.45, 7) is 0. The van der Waals surface area contributed by atoms with E-state index in [0.717, 1.165) is 14.2 Å². The highest BCUT2D eigenvalue weighted by Crippen LogP contribution is 2.33. The summed E-state index contributed by atoms with van der Waals surface area (Å²) in [6, 6.07) is 5.94. The Kier molecular flexibility index (Phi) is 1.91. The summed E-state index contributed by atoms with van der Waals surface area (Å²) < 4.78 is 2.26. The summed E-state index contributed by atoms with van der Waals surface area (Å²) in [4.78, 5) is 0. The largest absolute Gasteiger partial charge is 0.142 e. The lowest BCUT2D eigenvalue weighted by atomic mass is 10.3. The molecule has 0 N–H and O–H groups in total. The number of benzene rings is 1. The molecule has 0 radical (unpaired) electrons. The Morgan fingerprint density at radius 3 is 2.82 bits per heavy atom. The lowest BCUT2D eigenvalue weighted by molar-refractivity contribution is 1.78. The van der Waals surface area contributed by atoms with Crippen LogP contribution in [0.15, 0.2) is 28.1 Å². The SMILES string of the molecule is Clc1ccc(Br)c2ccsc12. The maximum absolute atomic E-state index is 5.96. The van der Waals surface area contributed by atoms with E-state index in [-0.39, 0.29) is 0 Å². The summed E-state index contributed by atoms with van der Waals surface area (Å²) in [7, 11) is 0. The van der Waals surface area contributed by atoms with Gasteiger partial charge < -0.3 is 0 Å². The highest BCUT2D eigenvalue weighted by atomic mass is 79.9. The average molecular weight is 248 g/mol. The highest BCUT2D eigenvalue weighted by molar-refractivity contribution is 9.10. The molecule has 0 amide bonds. The molecule has 11 heavy (non-hydrogen) atoms. The van der Waals surface area contributed by atoms with E-state index in [0.29, 0.717) is 0 Å². The van der Waals surface area contributed by atoms with Gasteiger partial charge in [0, 0.05) is 9.86 Å². The summed E-state index contributed by atoms with van der Waals surface area (Å²) >= 11 is 11.1. The number of hydrogen-bond donors (Lipinski definition) is 0. The van der Waals surface area contributed by atoms with Crippen molar-refractivity contribution in [3.63, 3.8) is 0 Å². The Morgan fingerprint density at radius 1 is 1.27 bits per heavy atom. The molecule has 0 aliphatic carbocycles. The molecular weight excluding hydrogens is 244 g/mol. The molecule has 0 fully saturated rings. The first-order chi connectivity index (χ1) is 5.29. The molecule has 3 heteroatoms. The van der Waals surface area contributed by atoms with Crippen molar-refractivity contribution in [2.24, 2.45) is 0 Å². The van der Waals surface area contributed by atoms with Crippen LogP contribution in [0, 0.1) is 0 Å². The van der Waals surface area contributed by atoms with Crippen LogP contribution in [0.25, 0.3) is 10.1 Å². The van der Waals surface area contributed by atoms with Gasteiger partial charge in [-0.25, -0.2) is 0 Å². The van der Waals surface area contributed by atoms with Gasteiger partial charge in [-0.15, -0.1) is 11.3 Å². The van der Waals surface area contributed by atoms with Crippen LogP contribution in [0.5, 0.6) is 0 Å². The molecule has 56 valence electrons. The Hall–Kier alpha value is -0.0500. The van der Waals surface area contributed by atoms with Crippen molar-refractivity contribution in [2.45, 2.75) is 0 Å². The van der Waals surface area contributed by atoms with Gasteiger partial charge in [0.1, 0.15) is 0 Å². The third kappa shape index (κ3) is 1.19. The number of thiophene rings is 1. The summed E-state index contributed by atoms with van der Waals surface area (Å²) in [5, 5.41) is 4.07. The molecule has 0 spiro atoms. The van der Waals surface area contributed by atoms with E-state index in [1.807, 2.05) is 17.5 Å². The summed E-state index contributed by atoms with van der Waals surface area (Å²) in [6.07, 6.45) is 0. The van der Waals surface area contributed by atoms with Gasteiger partial charge in [0.15, 0.2) is 0 Å². The van der Waals surface area contributed by atoms with Gasteiger partial charge >= 0.3 is 0 Å². The molecule has 0 atom stereocenters. The van der Waals surface area contributed by atoms with Crippen LogP contribution < -0.4 is 0 Å². The molecule has 0 aliphatic heterocycles. The molecule has 2 rings (SSSR count). The molecule has 0 nitrogen and oxygen atoms in total. The van der Waals surface area contributed by atoms with Crippen molar-refractivity contribution in [3.8, 4) is 0 Å². The second-order valence-electron chi connectivity index (χ2n) is 2.19. The molecule has 1 heterocycles. The molecule has 0 saturated heterocycles. The first-order valence-corrected chi connectivity index (χ1v) is 5.15. The third-order valence-electron chi connectivity index (χ3n) is 1.52. The normalized spacial score (nSPS) is 10.7. The van der Waals surface area contributed by atoms with Crippen LogP contribution in [-0.4, -0.2) is 0 Å². The fraction of sp³-hybridized carbons (Fsp3) is 0. The van der Waals surface area contributed by atoms with Crippen molar-refractivity contribution in [1.82, 2.24) is 0 Å². The number of rotatable bonds is 0. The lowest BCUT2D eigenvalue weighted by Crippen LogP contribution is -1.67. The molecule has 2 aromatic rings. The second-order valence-corrected chi connectivity index (χ2v) is 4.37. The minimum Gasteiger partial charge on any atom is -0.142 e. The Labute approximate surface area is 81.9 Å². The van der Waals surface area contributed by atoms with E-state index in [4.69, 9.17) is 11.6 Å².